The summed E-state index contributed by atoms with van der Waals surface area (Å²) in [6, 6.07) is 0.410. The normalized spacial score (nSPS) is 28.3. The van der Waals surface area contributed by atoms with Crippen molar-refractivity contribution in [3.63, 3.8) is 0 Å². The van der Waals surface area contributed by atoms with Crippen molar-refractivity contribution >= 4 is 32.8 Å². The van der Waals surface area contributed by atoms with Gasteiger partial charge in [-0.25, -0.2) is 9.97 Å². The number of aromatic nitrogens is 3. The summed E-state index contributed by atoms with van der Waals surface area (Å²) in [5.74, 6) is 0.510. The summed E-state index contributed by atoms with van der Waals surface area (Å²) in [4.78, 5) is 8.33. The molecule has 0 bridgehead atoms. The molecule has 0 aliphatic heterocycles. The van der Waals surface area contributed by atoms with E-state index in [-0.39, 0.29) is 5.54 Å². The Bertz CT molecular complexity index is 581. The van der Waals surface area contributed by atoms with Gasteiger partial charge in [0.1, 0.15) is 17.8 Å². The topological polar surface area (TPSA) is 82.8 Å². The lowest BCUT2D eigenvalue weighted by Gasteiger charge is -2.43. The van der Waals surface area contributed by atoms with Gasteiger partial charge in [-0.1, -0.05) is 0 Å². The van der Waals surface area contributed by atoms with Crippen molar-refractivity contribution in [2.75, 3.05) is 5.73 Å². The van der Waals surface area contributed by atoms with Gasteiger partial charge in [0.15, 0.2) is 0 Å². The molecule has 1 aliphatic rings. The molecule has 1 aliphatic carbocycles. The van der Waals surface area contributed by atoms with Crippen LogP contribution in [0.4, 0.5) is 5.82 Å². The van der Waals surface area contributed by atoms with E-state index >= 15 is 0 Å². The molecule has 2 aromatic heterocycles. The maximum Gasteiger partial charge on any atom is 0.146 e. The Labute approximate surface area is 107 Å². The summed E-state index contributed by atoms with van der Waals surface area (Å²) >= 11 is 3.51. The third-order valence-electron chi connectivity index (χ3n) is 3.39. The fourth-order valence-corrected chi connectivity index (χ4v) is 3.15. The number of halogens is 1. The number of rotatable bonds is 1. The van der Waals surface area contributed by atoms with E-state index in [4.69, 9.17) is 11.5 Å². The van der Waals surface area contributed by atoms with Gasteiger partial charge in [0.05, 0.1) is 5.39 Å². The molecular weight excluding hydrogens is 282 g/mol. The summed E-state index contributed by atoms with van der Waals surface area (Å²) in [6.07, 6.45) is 5.46. The molecule has 17 heavy (non-hydrogen) atoms. The minimum absolute atomic E-state index is 0.0493. The maximum atomic E-state index is 6.05. The molecule has 2 aromatic rings. The van der Waals surface area contributed by atoms with Crippen molar-refractivity contribution in [1.82, 2.24) is 14.5 Å². The third-order valence-corrected chi connectivity index (χ3v) is 3.99. The first-order valence-electron chi connectivity index (χ1n) is 5.53. The Morgan fingerprint density at radius 1 is 1.47 bits per heavy atom. The van der Waals surface area contributed by atoms with Gasteiger partial charge in [-0.05, 0) is 35.7 Å². The molecular formula is C11H14BrN5. The van der Waals surface area contributed by atoms with Gasteiger partial charge in [0, 0.05) is 22.3 Å². The van der Waals surface area contributed by atoms with Crippen LogP contribution < -0.4 is 11.5 Å². The predicted octanol–water partition coefficient (Wildman–Crippen LogP) is 1.83. The molecule has 0 spiro atoms. The Hall–Kier alpha value is -1.14. The molecule has 0 atom stereocenters. The zero-order chi connectivity index (χ0) is 12.2. The lowest BCUT2D eigenvalue weighted by Crippen LogP contribution is -2.49. The molecule has 90 valence electrons. The quantitative estimate of drug-likeness (QED) is 0.841. The summed E-state index contributed by atoms with van der Waals surface area (Å²) < 4.78 is 3.09. The van der Waals surface area contributed by atoms with Crippen molar-refractivity contribution in [1.29, 1.82) is 0 Å². The number of fused-ring (bicyclic) bond motifs is 1. The average molecular weight is 296 g/mol. The molecule has 0 radical (unpaired) electrons. The van der Waals surface area contributed by atoms with Crippen LogP contribution in [0.3, 0.4) is 0 Å². The first-order chi connectivity index (χ1) is 7.98. The summed E-state index contributed by atoms with van der Waals surface area (Å²) in [5, 5.41) is 0.887. The Kier molecular flexibility index (Phi) is 2.21. The average Bonchev–Trinajstić information content (AvgIpc) is 2.54. The minimum Gasteiger partial charge on any atom is -0.383 e. The van der Waals surface area contributed by atoms with E-state index in [0.29, 0.717) is 11.9 Å². The first-order valence-corrected chi connectivity index (χ1v) is 6.33. The Morgan fingerprint density at radius 2 is 2.18 bits per heavy atom. The smallest absolute Gasteiger partial charge is 0.146 e. The number of nitrogens with two attached hydrogens (primary N) is 2. The number of hydrogen-bond acceptors (Lipinski definition) is 4. The zero-order valence-corrected chi connectivity index (χ0v) is 11.1. The van der Waals surface area contributed by atoms with Gasteiger partial charge < -0.3 is 16.0 Å². The van der Waals surface area contributed by atoms with E-state index in [2.05, 4.69) is 37.4 Å². The Balaban J connectivity index is 2.10. The second-order valence-electron chi connectivity index (χ2n) is 5.06. The van der Waals surface area contributed by atoms with Crippen LogP contribution in [-0.2, 0) is 0 Å². The van der Waals surface area contributed by atoms with Crippen LogP contribution >= 0.6 is 15.9 Å². The van der Waals surface area contributed by atoms with Crippen LogP contribution in [0.1, 0.15) is 25.8 Å². The van der Waals surface area contributed by atoms with E-state index in [0.717, 1.165) is 28.3 Å². The Morgan fingerprint density at radius 3 is 2.82 bits per heavy atom. The highest BCUT2D eigenvalue weighted by molar-refractivity contribution is 9.10. The number of anilines is 1. The zero-order valence-electron chi connectivity index (χ0n) is 9.52. The highest BCUT2D eigenvalue weighted by Crippen LogP contribution is 2.42. The summed E-state index contributed by atoms with van der Waals surface area (Å²) in [7, 11) is 0. The van der Waals surface area contributed by atoms with Gasteiger partial charge >= 0.3 is 0 Å². The molecule has 0 aromatic carbocycles. The van der Waals surface area contributed by atoms with E-state index < -0.39 is 0 Å². The van der Waals surface area contributed by atoms with Crippen molar-refractivity contribution in [3.05, 3.63) is 17.0 Å². The van der Waals surface area contributed by atoms with Crippen LogP contribution in [0, 0.1) is 0 Å². The van der Waals surface area contributed by atoms with Gasteiger partial charge in [-0.15, -0.1) is 0 Å². The lowest BCUT2D eigenvalue weighted by molar-refractivity contribution is 0.176. The molecule has 3 rings (SSSR count). The first kappa shape index (κ1) is 11.0. The largest absolute Gasteiger partial charge is 0.383 e. The van der Waals surface area contributed by atoms with E-state index in [1.54, 1.807) is 0 Å². The number of nitrogen functional groups attached to an aromatic ring is 1. The van der Waals surface area contributed by atoms with Crippen molar-refractivity contribution < 1.29 is 0 Å². The highest BCUT2D eigenvalue weighted by Gasteiger charge is 2.38. The standard InChI is InChI=1S/C11H14BrN5/c1-11(14)2-6(3-11)17-4-7(12)8-9(13)15-5-16-10(8)17/h4-6H,2-3,14H2,1H3,(H2,13,15,16). The van der Waals surface area contributed by atoms with Gasteiger partial charge in [0.2, 0.25) is 0 Å². The SMILES string of the molecule is CC1(N)CC(n2cc(Br)c3c(N)ncnc32)C1. The second-order valence-corrected chi connectivity index (χ2v) is 5.91. The van der Waals surface area contributed by atoms with Crippen molar-refractivity contribution in [2.24, 2.45) is 5.73 Å². The van der Waals surface area contributed by atoms with Crippen LogP contribution in [0.15, 0.2) is 17.0 Å². The van der Waals surface area contributed by atoms with E-state index in [1.165, 1.54) is 6.33 Å². The van der Waals surface area contributed by atoms with Gasteiger partial charge in [-0.2, -0.15) is 0 Å². The molecule has 2 heterocycles. The monoisotopic (exact) mass is 295 g/mol. The molecule has 4 N–H and O–H groups in total. The van der Waals surface area contributed by atoms with Crippen LogP contribution in [0.25, 0.3) is 11.0 Å². The van der Waals surface area contributed by atoms with E-state index in [9.17, 15) is 0 Å². The van der Waals surface area contributed by atoms with Crippen LogP contribution in [0.5, 0.6) is 0 Å². The fraction of sp³-hybridized carbons (Fsp3) is 0.455. The molecule has 0 unspecified atom stereocenters. The fourth-order valence-electron chi connectivity index (χ4n) is 2.55. The molecule has 6 heteroatoms. The summed E-state index contributed by atoms with van der Waals surface area (Å²) in [5.41, 5.74) is 12.7. The maximum absolute atomic E-state index is 6.05. The summed E-state index contributed by atoms with van der Waals surface area (Å²) in [6.45, 7) is 2.08. The van der Waals surface area contributed by atoms with Crippen molar-refractivity contribution in [2.45, 2.75) is 31.3 Å². The molecule has 1 saturated carbocycles. The molecule has 1 fully saturated rings. The van der Waals surface area contributed by atoms with E-state index in [1.807, 2.05) is 6.20 Å². The lowest BCUT2D eigenvalue weighted by atomic mass is 9.75. The van der Waals surface area contributed by atoms with Crippen LogP contribution in [0.2, 0.25) is 0 Å². The minimum atomic E-state index is -0.0493. The molecule has 0 amide bonds. The number of nitrogens with zero attached hydrogens (tertiary/aromatic N) is 3. The number of hydrogen-bond donors (Lipinski definition) is 2. The van der Waals surface area contributed by atoms with Gasteiger partial charge in [0.25, 0.3) is 0 Å². The van der Waals surface area contributed by atoms with Crippen molar-refractivity contribution in [3.8, 4) is 0 Å². The van der Waals surface area contributed by atoms with Gasteiger partial charge in [-0.3, -0.25) is 0 Å². The third kappa shape index (κ3) is 1.63. The highest BCUT2D eigenvalue weighted by atomic mass is 79.9. The van der Waals surface area contributed by atoms with Crippen LogP contribution in [-0.4, -0.2) is 20.1 Å². The molecule has 5 nitrogen and oxygen atoms in total. The molecule has 0 saturated heterocycles. The second kappa shape index (κ2) is 3.43. The predicted molar refractivity (Wildman–Crippen MR) is 70.5 cm³/mol.